The van der Waals surface area contributed by atoms with Gasteiger partial charge in [0, 0.05) is 12.3 Å². The van der Waals surface area contributed by atoms with Crippen LogP contribution in [0, 0.1) is 6.07 Å². The molecule has 1 aromatic heterocycles. The number of nitrogen functional groups attached to an aromatic ring is 1. The summed E-state index contributed by atoms with van der Waals surface area (Å²) in [5, 5.41) is 0. The molecule has 2 heteroatoms. The van der Waals surface area contributed by atoms with Crippen molar-refractivity contribution in [3.63, 3.8) is 0 Å². The summed E-state index contributed by atoms with van der Waals surface area (Å²) in [5.41, 5.74) is 6.67. The van der Waals surface area contributed by atoms with Gasteiger partial charge in [0.05, 0.1) is 0 Å². The van der Waals surface area contributed by atoms with Crippen LogP contribution in [0.3, 0.4) is 0 Å². The second kappa shape index (κ2) is 1.97. The highest BCUT2D eigenvalue weighted by atomic mass is 14.8. The molecule has 0 bridgehead atoms. The number of nitrogens with zero attached hydrogens (tertiary/aromatic N) is 1. The van der Waals surface area contributed by atoms with E-state index in [0.717, 1.165) is 5.92 Å². The summed E-state index contributed by atoms with van der Waals surface area (Å²) < 4.78 is 0. The lowest BCUT2D eigenvalue weighted by molar-refractivity contribution is 1.09. The quantitative estimate of drug-likeness (QED) is 0.627. The number of anilines is 1. The number of hydrogen-bond donors (Lipinski definition) is 1. The van der Waals surface area contributed by atoms with Crippen molar-refractivity contribution >= 4 is 5.82 Å². The van der Waals surface area contributed by atoms with Gasteiger partial charge in [-0.3, -0.25) is 0 Å². The zero-order chi connectivity index (χ0) is 6.97. The lowest BCUT2D eigenvalue weighted by atomic mass is 10.2. The van der Waals surface area contributed by atoms with E-state index >= 15 is 0 Å². The molecule has 1 aliphatic rings. The molecule has 0 unspecified atom stereocenters. The van der Waals surface area contributed by atoms with Gasteiger partial charge >= 0.3 is 0 Å². The molecule has 1 radical (unpaired) electrons. The summed E-state index contributed by atoms with van der Waals surface area (Å²) in [6.45, 7) is 0. The van der Waals surface area contributed by atoms with Gasteiger partial charge in [-0.25, -0.2) is 4.98 Å². The SMILES string of the molecule is Nc1[c]cc(C2CC2)cn1. The number of rotatable bonds is 1. The number of pyridine rings is 1. The van der Waals surface area contributed by atoms with Crippen LogP contribution < -0.4 is 5.73 Å². The van der Waals surface area contributed by atoms with Crippen LogP contribution in [-0.2, 0) is 0 Å². The zero-order valence-corrected chi connectivity index (χ0v) is 5.67. The van der Waals surface area contributed by atoms with Gasteiger partial charge in [-0.15, -0.1) is 0 Å². The summed E-state index contributed by atoms with van der Waals surface area (Å²) >= 11 is 0. The molecule has 1 heterocycles. The third kappa shape index (κ3) is 0.967. The lowest BCUT2D eigenvalue weighted by Gasteiger charge is -1.94. The maximum atomic E-state index is 5.38. The van der Waals surface area contributed by atoms with Crippen LogP contribution in [0.4, 0.5) is 5.82 Å². The molecule has 2 N–H and O–H groups in total. The van der Waals surface area contributed by atoms with Crippen molar-refractivity contribution in [3.05, 3.63) is 23.9 Å². The van der Waals surface area contributed by atoms with E-state index in [-0.39, 0.29) is 0 Å². The van der Waals surface area contributed by atoms with Crippen LogP contribution in [0.2, 0.25) is 0 Å². The Bertz CT molecular complexity index is 224. The summed E-state index contributed by atoms with van der Waals surface area (Å²) in [6.07, 6.45) is 4.46. The van der Waals surface area contributed by atoms with Crippen molar-refractivity contribution in [3.8, 4) is 0 Å². The molecule has 0 spiro atoms. The Morgan fingerprint density at radius 2 is 2.40 bits per heavy atom. The summed E-state index contributed by atoms with van der Waals surface area (Å²) in [7, 11) is 0. The van der Waals surface area contributed by atoms with Crippen molar-refractivity contribution in [2.45, 2.75) is 18.8 Å². The molecule has 0 atom stereocenters. The second-order valence-corrected chi connectivity index (χ2v) is 2.71. The predicted molar refractivity (Wildman–Crippen MR) is 39.5 cm³/mol. The Balaban J connectivity index is 2.28. The molecule has 0 amide bonds. The minimum atomic E-state index is 0.490. The first kappa shape index (κ1) is 5.71. The molecular weight excluding hydrogens is 124 g/mol. The lowest BCUT2D eigenvalue weighted by Crippen LogP contribution is -1.90. The third-order valence-corrected chi connectivity index (χ3v) is 1.79. The maximum absolute atomic E-state index is 5.38. The van der Waals surface area contributed by atoms with Crippen molar-refractivity contribution in [1.82, 2.24) is 4.98 Å². The largest absolute Gasteiger partial charge is 0.383 e. The monoisotopic (exact) mass is 133 g/mol. The number of hydrogen-bond acceptors (Lipinski definition) is 2. The molecule has 1 saturated carbocycles. The van der Waals surface area contributed by atoms with Crippen LogP contribution in [-0.4, -0.2) is 4.98 Å². The first-order valence-electron chi connectivity index (χ1n) is 3.49. The molecule has 0 saturated heterocycles. The first-order chi connectivity index (χ1) is 4.86. The standard InChI is InChI=1S/C8H9N2/c9-8-4-3-7(5-10-8)6-1-2-6/h3,5-6H,1-2H2,(H2,9,10). The van der Waals surface area contributed by atoms with Gasteiger partial charge < -0.3 is 5.73 Å². The molecule has 1 fully saturated rings. The number of nitrogens with two attached hydrogens (primary N) is 1. The second-order valence-electron chi connectivity index (χ2n) is 2.71. The molecule has 2 nitrogen and oxygen atoms in total. The number of aromatic nitrogens is 1. The fourth-order valence-electron chi connectivity index (χ4n) is 1.02. The maximum Gasteiger partial charge on any atom is 0.131 e. The Morgan fingerprint density at radius 1 is 1.60 bits per heavy atom. The molecule has 1 aliphatic carbocycles. The Kier molecular flexibility index (Phi) is 1.13. The van der Waals surface area contributed by atoms with Crippen LogP contribution in [0.15, 0.2) is 12.3 Å². The molecule has 0 aromatic carbocycles. The highest BCUT2D eigenvalue weighted by Crippen LogP contribution is 2.39. The van der Waals surface area contributed by atoms with Crippen LogP contribution in [0.1, 0.15) is 24.3 Å². The van der Waals surface area contributed by atoms with Crippen molar-refractivity contribution in [2.75, 3.05) is 5.73 Å². The van der Waals surface area contributed by atoms with E-state index in [1.54, 1.807) is 0 Å². The normalized spacial score (nSPS) is 17.2. The van der Waals surface area contributed by atoms with E-state index in [4.69, 9.17) is 5.73 Å². The van der Waals surface area contributed by atoms with Crippen LogP contribution >= 0.6 is 0 Å². The minimum Gasteiger partial charge on any atom is -0.383 e. The minimum absolute atomic E-state index is 0.490. The van der Waals surface area contributed by atoms with E-state index in [1.807, 2.05) is 12.3 Å². The smallest absolute Gasteiger partial charge is 0.131 e. The first-order valence-corrected chi connectivity index (χ1v) is 3.49. The van der Waals surface area contributed by atoms with Crippen LogP contribution in [0.25, 0.3) is 0 Å². The predicted octanol–water partition coefficient (Wildman–Crippen LogP) is 1.34. The fourth-order valence-corrected chi connectivity index (χ4v) is 1.02. The van der Waals surface area contributed by atoms with Crippen LogP contribution in [0.5, 0.6) is 0 Å². The zero-order valence-electron chi connectivity index (χ0n) is 5.67. The van der Waals surface area contributed by atoms with Gasteiger partial charge in [0.2, 0.25) is 0 Å². The van der Waals surface area contributed by atoms with Gasteiger partial charge in [0.1, 0.15) is 5.82 Å². The van der Waals surface area contributed by atoms with Crippen molar-refractivity contribution in [1.29, 1.82) is 0 Å². The highest BCUT2D eigenvalue weighted by Gasteiger charge is 2.23. The van der Waals surface area contributed by atoms with Gasteiger partial charge in [-0.2, -0.15) is 0 Å². The molecule has 2 rings (SSSR count). The third-order valence-electron chi connectivity index (χ3n) is 1.79. The van der Waals surface area contributed by atoms with Gasteiger partial charge in [-0.1, -0.05) is 0 Å². The average molecular weight is 133 g/mol. The molecular formula is C8H9N2. The van der Waals surface area contributed by atoms with Crippen molar-refractivity contribution < 1.29 is 0 Å². The van der Waals surface area contributed by atoms with E-state index < -0.39 is 0 Å². The Hall–Kier alpha value is -1.05. The fraction of sp³-hybridized carbons (Fsp3) is 0.375. The van der Waals surface area contributed by atoms with E-state index in [1.165, 1.54) is 18.4 Å². The summed E-state index contributed by atoms with van der Waals surface area (Å²) in [4.78, 5) is 3.96. The average Bonchev–Trinajstić information content (AvgIpc) is 2.71. The van der Waals surface area contributed by atoms with E-state index in [0.29, 0.717) is 5.82 Å². The van der Waals surface area contributed by atoms with Gasteiger partial charge in [0.25, 0.3) is 0 Å². The van der Waals surface area contributed by atoms with Gasteiger partial charge in [-0.05, 0) is 30.4 Å². The Labute approximate surface area is 60.1 Å². The summed E-state index contributed by atoms with van der Waals surface area (Å²) in [6, 6.07) is 4.83. The van der Waals surface area contributed by atoms with Crippen molar-refractivity contribution in [2.24, 2.45) is 0 Å². The molecule has 1 aromatic rings. The topological polar surface area (TPSA) is 38.9 Å². The summed E-state index contributed by atoms with van der Waals surface area (Å²) in [5.74, 6) is 1.24. The Morgan fingerprint density at radius 3 is 2.90 bits per heavy atom. The molecule has 0 aliphatic heterocycles. The van der Waals surface area contributed by atoms with E-state index in [2.05, 4.69) is 11.1 Å². The van der Waals surface area contributed by atoms with E-state index in [9.17, 15) is 0 Å². The molecule has 51 valence electrons. The highest BCUT2D eigenvalue weighted by molar-refractivity contribution is 5.30. The molecule has 10 heavy (non-hydrogen) atoms. The van der Waals surface area contributed by atoms with Gasteiger partial charge in [0.15, 0.2) is 0 Å².